The van der Waals surface area contributed by atoms with Crippen LogP contribution in [0.5, 0.6) is 0 Å². The fourth-order valence-electron chi connectivity index (χ4n) is 5.43. The van der Waals surface area contributed by atoms with Crippen LogP contribution < -0.4 is 0 Å². The Morgan fingerprint density at radius 2 is 1.63 bits per heavy atom. The average Bonchev–Trinajstić information content (AvgIpc) is 3.17. The fourth-order valence-corrected chi connectivity index (χ4v) is 6.85. The number of rotatable bonds is 6. The van der Waals surface area contributed by atoms with E-state index in [1.807, 2.05) is 0 Å². The van der Waals surface area contributed by atoms with Crippen molar-refractivity contribution in [1.29, 1.82) is 0 Å². The van der Waals surface area contributed by atoms with Gasteiger partial charge in [-0.15, -0.1) is 0 Å². The molecule has 0 saturated carbocycles. The molecule has 0 aliphatic carbocycles. The van der Waals surface area contributed by atoms with Crippen LogP contribution in [0.15, 0.2) is 76.2 Å². The zero-order valence-corrected chi connectivity index (χ0v) is 25.6. The Balaban J connectivity index is 1.35. The van der Waals surface area contributed by atoms with E-state index in [0.717, 1.165) is 6.26 Å². The summed E-state index contributed by atoms with van der Waals surface area (Å²) in [6.07, 6.45) is 1.46. The number of ether oxygens (including phenoxy) is 1. The van der Waals surface area contributed by atoms with Gasteiger partial charge >= 0.3 is 5.97 Å². The topological polar surface area (TPSA) is 155 Å². The molecule has 3 aromatic carbocycles. The van der Waals surface area contributed by atoms with Crippen LogP contribution >= 0.6 is 11.6 Å². The van der Waals surface area contributed by atoms with E-state index in [0.29, 0.717) is 27.8 Å². The zero-order valence-electron chi connectivity index (χ0n) is 23.2. The number of amides is 1. The average molecular weight is 646 g/mol. The lowest BCUT2D eigenvalue weighted by molar-refractivity contribution is -0.152. The van der Waals surface area contributed by atoms with E-state index < -0.39 is 31.5 Å². The monoisotopic (exact) mass is 645 g/mol. The van der Waals surface area contributed by atoms with Crippen LogP contribution in [-0.4, -0.2) is 68.2 Å². The molecule has 5 rings (SSSR count). The molecule has 3 aromatic rings. The maximum Gasteiger partial charge on any atom is 0.343 e. The van der Waals surface area contributed by atoms with Crippen molar-refractivity contribution in [3.8, 4) is 11.1 Å². The van der Waals surface area contributed by atoms with Crippen LogP contribution in [0, 0.1) is 6.92 Å². The number of aliphatic hydroxyl groups excluding tert-OH is 1. The van der Waals surface area contributed by atoms with Gasteiger partial charge in [-0.3, -0.25) is 9.35 Å². The number of carbonyl (C=O) groups is 2. The first kappa shape index (κ1) is 30.7. The van der Waals surface area contributed by atoms with Crippen molar-refractivity contribution in [2.45, 2.75) is 41.6 Å². The van der Waals surface area contributed by atoms with Crippen LogP contribution in [0.25, 0.3) is 16.7 Å². The number of piperidine rings is 1. The number of sulfone groups is 1. The second kappa shape index (κ2) is 11.1. The highest BCUT2D eigenvalue weighted by atomic mass is 35.5. The standard InChI is InChI=1S/C30H28ClNO9S2/c1-18-14-24(20-4-3-5-22(16-20)42(2,36)37)25(31)17-23(18)27-28(34)30(41-29(27)35)10-12-32(13-11-30)26(33)15-19-6-8-21(9-7-19)43(38,39)40/h3-9,14,16-17,34H,10-13,15H2,1-2H3,(H,38,39,40). The molecule has 2 aliphatic heterocycles. The van der Waals surface area contributed by atoms with Gasteiger partial charge in [0.2, 0.25) is 5.91 Å². The molecular weight excluding hydrogens is 618 g/mol. The molecule has 0 radical (unpaired) electrons. The molecule has 0 unspecified atom stereocenters. The molecule has 2 heterocycles. The maximum absolute atomic E-state index is 13.1. The minimum atomic E-state index is -4.33. The number of hydrogen-bond acceptors (Lipinski definition) is 8. The number of aliphatic hydroxyl groups is 1. The lowest BCUT2D eigenvalue weighted by atomic mass is 9.86. The Hall–Kier alpha value is -3.71. The number of likely N-dealkylation sites (tertiary alicyclic amines) is 1. The normalized spacial score (nSPS) is 16.9. The summed E-state index contributed by atoms with van der Waals surface area (Å²) in [7, 11) is -7.77. The smallest absolute Gasteiger partial charge is 0.343 e. The summed E-state index contributed by atoms with van der Waals surface area (Å²) in [5.41, 5.74) is 1.42. The maximum atomic E-state index is 13.1. The van der Waals surface area contributed by atoms with E-state index in [1.54, 1.807) is 36.1 Å². The second-order valence-electron chi connectivity index (χ2n) is 10.7. The molecule has 0 aromatic heterocycles. The molecule has 2 N–H and O–H groups in total. The summed E-state index contributed by atoms with van der Waals surface area (Å²) in [4.78, 5) is 27.5. The van der Waals surface area contributed by atoms with E-state index >= 15 is 0 Å². The highest BCUT2D eigenvalue weighted by molar-refractivity contribution is 7.90. The van der Waals surface area contributed by atoms with Gasteiger partial charge in [-0.1, -0.05) is 35.9 Å². The lowest BCUT2D eigenvalue weighted by Gasteiger charge is -2.38. The highest BCUT2D eigenvalue weighted by Crippen LogP contribution is 2.45. The lowest BCUT2D eigenvalue weighted by Crippen LogP contribution is -2.48. The number of aryl methyl sites for hydroxylation is 1. The molecular formula is C30H28ClNO9S2. The largest absolute Gasteiger partial charge is 0.507 e. The van der Waals surface area contributed by atoms with E-state index in [2.05, 4.69) is 0 Å². The van der Waals surface area contributed by atoms with Crippen LogP contribution in [0.3, 0.4) is 0 Å². The van der Waals surface area contributed by atoms with Crippen molar-refractivity contribution in [3.05, 3.63) is 88.1 Å². The van der Waals surface area contributed by atoms with Gasteiger partial charge in [0.1, 0.15) is 5.57 Å². The van der Waals surface area contributed by atoms with Gasteiger partial charge in [0.25, 0.3) is 10.1 Å². The molecule has 0 bridgehead atoms. The Morgan fingerprint density at radius 1 is 0.977 bits per heavy atom. The van der Waals surface area contributed by atoms with E-state index in [9.17, 15) is 31.5 Å². The molecule has 10 nitrogen and oxygen atoms in total. The number of nitrogens with zero attached hydrogens (tertiary/aromatic N) is 1. The minimum Gasteiger partial charge on any atom is -0.507 e. The quantitative estimate of drug-likeness (QED) is 0.293. The molecule has 1 fully saturated rings. The Morgan fingerprint density at radius 3 is 2.23 bits per heavy atom. The third-order valence-electron chi connectivity index (χ3n) is 7.82. The number of benzene rings is 3. The summed E-state index contributed by atoms with van der Waals surface area (Å²) in [5, 5.41) is 11.6. The van der Waals surface area contributed by atoms with Gasteiger partial charge in [0.05, 0.1) is 16.2 Å². The molecule has 0 atom stereocenters. The molecule has 1 saturated heterocycles. The number of halogens is 1. The van der Waals surface area contributed by atoms with E-state index in [1.165, 1.54) is 36.4 Å². The third kappa shape index (κ3) is 6.05. The van der Waals surface area contributed by atoms with Crippen molar-refractivity contribution < 1.29 is 40.8 Å². The van der Waals surface area contributed by atoms with Crippen molar-refractivity contribution in [3.63, 3.8) is 0 Å². The first-order chi connectivity index (χ1) is 20.1. The third-order valence-corrected chi connectivity index (χ3v) is 10.1. The first-order valence-corrected chi connectivity index (χ1v) is 16.9. The zero-order chi connectivity index (χ0) is 31.3. The second-order valence-corrected chi connectivity index (χ2v) is 14.6. The van der Waals surface area contributed by atoms with Crippen LogP contribution in [0.2, 0.25) is 5.02 Å². The van der Waals surface area contributed by atoms with Gasteiger partial charge in [-0.25, -0.2) is 13.2 Å². The van der Waals surface area contributed by atoms with E-state index in [4.69, 9.17) is 20.9 Å². The summed E-state index contributed by atoms with van der Waals surface area (Å²) < 4.78 is 61.4. The van der Waals surface area contributed by atoms with Gasteiger partial charge < -0.3 is 14.7 Å². The Labute approximate surface area is 254 Å². The Kier molecular flexibility index (Phi) is 7.93. The van der Waals surface area contributed by atoms with Crippen molar-refractivity contribution in [2.75, 3.05) is 19.3 Å². The minimum absolute atomic E-state index is 0.00273. The Bertz CT molecular complexity index is 1890. The molecule has 43 heavy (non-hydrogen) atoms. The highest BCUT2D eigenvalue weighted by Gasteiger charge is 2.51. The van der Waals surface area contributed by atoms with Crippen molar-refractivity contribution >= 4 is 49.0 Å². The predicted octanol–water partition coefficient (Wildman–Crippen LogP) is 4.40. The molecule has 13 heteroatoms. The van der Waals surface area contributed by atoms with Gasteiger partial charge in [-0.2, -0.15) is 8.42 Å². The predicted molar refractivity (Wildman–Crippen MR) is 159 cm³/mol. The first-order valence-electron chi connectivity index (χ1n) is 13.2. The van der Waals surface area contributed by atoms with Gasteiger partial charge in [0, 0.05) is 42.8 Å². The van der Waals surface area contributed by atoms with Crippen LogP contribution in [0.1, 0.15) is 29.5 Å². The van der Waals surface area contributed by atoms with Crippen molar-refractivity contribution in [1.82, 2.24) is 4.90 Å². The summed E-state index contributed by atoms with van der Waals surface area (Å²) in [6.45, 7) is 2.17. The molecule has 226 valence electrons. The molecule has 1 amide bonds. The summed E-state index contributed by atoms with van der Waals surface area (Å²) >= 11 is 6.61. The van der Waals surface area contributed by atoms with Gasteiger partial charge in [-0.05, 0) is 65.6 Å². The van der Waals surface area contributed by atoms with Gasteiger partial charge in [0.15, 0.2) is 21.2 Å². The molecule has 1 spiro atoms. The number of carbonyl (C=O) groups excluding carboxylic acids is 2. The summed E-state index contributed by atoms with van der Waals surface area (Å²) in [6, 6.07) is 15.0. The number of hydrogen-bond donors (Lipinski definition) is 2. The SMILES string of the molecule is Cc1cc(-c2cccc(S(C)(=O)=O)c2)c(Cl)cc1C1=C(O)C2(CCN(C(=O)Cc3ccc(S(=O)(=O)O)cc3)CC2)OC1=O. The summed E-state index contributed by atoms with van der Waals surface area (Å²) in [5.74, 6) is -1.15. The molecule has 2 aliphatic rings. The number of esters is 1. The van der Waals surface area contributed by atoms with Crippen LogP contribution in [0.4, 0.5) is 0 Å². The van der Waals surface area contributed by atoms with E-state index in [-0.39, 0.29) is 64.4 Å². The fraction of sp³-hybridized carbons (Fsp3) is 0.267. The van der Waals surface area contributed by atoms with Crippen LogP contribution in [-0.2, 0) is 40.7 Å². The van der Waals surface area contributed by atoms with Crippen molar-refractivity contribution in [2.24, 2.45) is 0 Å².